The Bertz CT molecular complexity index is 772. The average Bonchev–Trinajstić information content (AvgIpc) is 3.19. The van der Waals surface area contributed by atoms with E-state index in [4.69, 9.17) is 5.73 Å². The van der Waals surface area contributed by atoms with Gasteiger partial charge in [0.2, 0.25) is 5.91 Å². The van der Waals surface area contributed by atoms with Crippen LogP contribution in [0.15, 0.2) is 46.8 Å². The quantitative estimate of drug-likeness (QED) is 0.468. The number of likely N-dealkylation sites (N-methyl/N-ethyl adjacent to an activating group) is 1. The van der Waals surface area contributed by atoms with E-state index in [0.717, 1.165) is 24.5 Å². The van der Waals surface area contributed by atoms with Gasteiger partial charge in [0.1, 0.15) is 0 Å². The molecule has 27 heavy (non-hydrogen) atoms. The van der Waals surface area contributed by atoms with Crippen LogP contribution < -0.4 is 16.4 Å². The topological polar surface area (TPSA) is 99.8 Å². The number of amides is 2. The van der Waals surface area contributed by atoms with Gasteiger partial charge in [-0.25, -0.2) is 0 Å². The molecule has 0 aliphatic carbocycles. The van der Waals surface area contributed by atoms with Crippen molar-refractivity contribution in [2.45, 2.75) is 13.0 Å². The van der Waals surface area contributed by atoms with Crippen LogP contribution in [0.2, 0.25) is 0 Å². The number of hydrogen-bond donors (Lipinski definition) is 3. The zero-order valence-electron chi connectivity index (χ0n) is 15.6. The smallest absolute Gasteiger partial charge is 0.251 e. The molecule has 2 aromatic rings. The minimum absolute atomic E-state index is 0.170. The first-order valence-electron chi connectivity index (χ1n) is 8.59. The first-order valence-corrected chi connectivity index (χ1v) is 9.47. The van der Waals surface area contributed by atoms with Crippen LogP contribution in [0.25, 0.3) is 0 Å². The molecule has 7 nitrogen and oxygen atoms in total. The highest BCUT2D eigenvalue weighted by Gasteiger charge is 2.08. The second-order valence-corrected chi connectivity index (χ2v) is 7.03. The number of nitrogens with zero attached hydrogens (tertiary/aromatic N) is 2. The molecule has 0 bridgehead atoms. The van der Waals surface area contributed by atoms with Crippen molar-refractivity contribution in [1.82, 2.24) is 15.5 Å². The van der Waals surface area contributed by atoms with Crippen molar-refractivity contribution < 1.29 is 9.59 Å². The van der Waals surface area contributed by atoms with Crippen LogP contribution in [0, 0.1) is 0 Å². The number of carbonyl (C=O) groups excluding carboxylic acids is 2. The van der Waals surface area contributed by atoms with Crippen molar-refractivity contribution in [2.24, 2.45) is 10.7 Å². The van der Waals surface area contributed by atoms with E-state index in [-0.39, 0.29) is 12.5 Å². The normalized spacial score (nSPS) is 11.1. The highest BCUT2D eigenvalue weighted by Crippen LogP contribution is 2.09. The van der Waals surface area contributed by atoms with Crippen molar-refractivity contribution in [1.29, 1.82) is 0 Å². The molecule has 1 aromatic heterocycles. The lowest BCUT2D eigenvalue weighted by Crippen LogP contribution is -2.39. The molecule has 0 aliphatic heterocycles. The van der Waals surface area contributed by atoms with Gasteiger partial charge in [-0.3, -0.25) is 14.6 Å². The number of rotatable bonds is 8. The summed E-state index contributed by atoms with van der Waals surface area (Å²) >= 11 is 1.76. The van der Waals surface area contributed by atoms with Crippen molar-refractivity contribution in [3.05, 3.63) is 57.8 Å². The Balaban J connectivity index is 1.83. The molecule has 0 saturated carbocycles. The molecular formula is C19H25N5O2S. The lowest BCUT2D eigenvalue weighted by atomic mass is 10.1. The van der Waals surface area contributed by atoms with Crippen LogP contribution in [-0.2, 0) is 17.8 Å². The minimum atomic E-state index is -0.571. The van der Waals surface area contributed by atoms with Crippen LogP contribution in [0.4, 0.5) is 0 Å². The molecule has 1 heterocycles. The second-order valence-electron chi connectivity index (χ2n) is 6.00. The summed E-state index contributed by atoms with van der Waals surface area (Å²) in [6.45, 7) is 1.30. The molecule has 0 saturated heterocycles. The number of nitrogens with one attached hydrogen (secondary N) is 2. The molecule has 0 radical (unpaired) electrons. The predicted molar refractivity (Wildman–Crippen MR) is 109 cm³/mol. The number of primary amides is 1. The van der Waals surface area contributed by atoms with Gasteiger partial charge in [-0.1, -0.05) is 18.2 Å². The minimum Gasteiger partial charge on any atom is -0.368 e. The van der Waals surface area contributed by atoms with Crippen LogP contribution in [0.1, 0.15) is 20.8 Å². The Morgan fingerprint density at radius 2 is 1.93 bits per heavy atom. The third-order valence-electron chi connectivity index (χ3n) is 3.94. The molecule has 2 rings (SSSR count). The predicted octanol–water partition coefficient (Wildman–Crippen LogP) is 1.21. The highest BCUT2D eigenvalue weighted by molar-refractivity contribution is 7.09. The van der Waals surface area contributed by atoms with Crippen molar-refractivity contribution in [3.63, 3.8) is 0 Å². The van der Waals surface area contributed by atoms with Crippen molar-refractivity contribution >= 4 is 29.1 Å². The molecule has 144 valence electrons. The number of hydrogen-bond acceptors (Lipinski definition) is 4. The molecule has 4 N–H and O–H groups in total. The Morgan fingerprint density at radius 3 is 2.52 bits per heavy atom. The fourth-order valence-corrected chi connectivity index (χ4v) is 3.15. The summed E-state index contributed by atoms with van der Waals surface area (Å²) in [6, 6.07) is 11.4. The molecule has 8 heteroatoms. The zero-order valence-corrected chi connectivity index (χ0v) is 16.4. The average molecular weight is 388 g/mol. The summed E-state index contributed by atoms with van der Waals surface area (Å²) in [5, 5.41) is 7.87. The fraction of sp³-hybridized carbons (Fsp3) is 0.316. The number of carbonyl (C=O) groups is 2. The lowest BCUT2D eigenvalue weighted by molar-refractivity contribution is -0.117. The number of benzene rings is 1. The van der Waals surface area contributed by atoms with Gasteiger partial charge in [0.25, 0.3) is 5.91 Å². The monoisotopic (exact) mass is 387 g/mol. The largest absolute Gasteiger partial charge is 0.368 e. The van der Waals surface area contributed by atoms with Crippen LogP contribution >= 0.6 is 11.3 Å². The highest BCUT2D eigenvalue weighted by atomic mass is 32.1. The maximum absolute atomic E-state index is 11.9. The van der Waals surface area contributed by atoms with Gasteiger partial charge < -0.3 is 21.3 Å². The molecule has 1 aromatic carbocycles. The standard InChI is InChI=1S/C19H25N5O2S/c1-21-19(24(2)10-9-16-4-3-11-27-16)23-12-14-5-7-15(8-6-14)18(26)22-13-17(20)25/h3-8,11H,9-10,12-13H2,1-2H3,(H2,20,25)(H,21,23)(H,22,26). The number of nitrogens with two attached hydrogens (primary N) is 1. The molecule has 0 unspecified atom stereocenters. The van der Waals surface area contributed by atoms with Gasteiger partial charge in [-0.2, -0.15) is 0 Å². The van der Waals surface area contributed by atoms with Crippen LogP contribution in [0.3, 0.4) is 0 Å². The summed E-state index contributed by atoms with van der Waals surface area (Å²) in [5.74, 6) is -0.0778. The number of thiophene rings is 1. The zero-order chi connectivity index (χ0) is 19.6. The van der Waals surface area contributed by atoms with E-state index < -0.39 is 5.91 Å². The van der Waals surface area contributed by atoms with Gasteiger partial charge in [0, 0.05) is 37.6 Å². The van der Waals surface area contributed by atoms with Crippen molar-refractivity contribution in [2.75, 3.05) is 27.2 Å². The van der Waals surface area contributed by atoms with E-state index in [1.54, 1.807) is 30.5 Å². The molecule has 0 spiro atoms. The third kappa shape index (κ3) is 6.74. The van der Waals surface area contributed by atoms with E-state index in [1.165, 1.54) is 4.88 Å². The van der Waals surface area contributed by atoms with E-state index in [0.29, 0.717) is 12.1 Å². The Hall–Kier alpha value is -2.87. The first kappa shape index (κ1) is 20.4. The molecular weight excluding hydrogens is 362 g/mol. The summed E-state index contributed by atoms with van der Waals surface area (Å²) < 4.78 is 0. The van der Waals surface area contributed by atoms with Gasteiger partial charge >= 0.3 is 0 Å². The summed E-state index contributed by atoms with van der Waals surface area (Å²) in [5.41, 5.74) is 6.53. The third-order valence-corrected chi connectivity index (χ3v) is 4.87. The SMILES string of the molecule is CN=C(NCc1ccc(C(=O)NCC(N)=O)cc1)N(C)CCc1cccs1. The molecule has 2 amide bonds. The maximum atomic E-state index is 11.9. The van der Waals surface area contributed by atoms with Gasteiger partial charge in [-0.15, -0.1) is 11.3 Å². The first-order chi connectivity index (χ1) is 13.0. The second kappa shape index (κ2) is 10.3. The number of aliphatic imine (C=N–C) groups is 1. The van der Waals surface area contributed by atoms with E-state index in [1.807, 2.05) is 19.2 Å². The van der Waals surface area contributed by atoms with Crippen LogP contribution in [-0.4, -0.2) is 49.9 Å². The number of guanidine groups is 1. The van der Waals surface area contributed by atoms with Gasteiger partial charge in [0.15, 0.2) is 5.96 Å². The Kier molecular flexibility index (Phi) is 7.81. The van der Waals surface area contributed by atoms with E-state index in [2.05, 4.69) is 38.0 Å². The summed E-state index contributed by atoms with van der Waals surface area (Å²) in [4.78, 5) is 30.3. The van der Waals surface area contributed by atoms with Crippen LogP contribution in [0.5, 0.6) is 0 Å². The maximum Gasteiger partial charge on any atom is 0.251 e. The molecule has 0 aliphatic rings. The van der Waals surface area contributed by atoms with E-state index in [9.17, 15) is 9.59 Å². The fourth-order valence-electron chi connectivity index (χ4n) is 2.45. The van der Waals surface area contributed by atoms with E-state index >= 15 is 0 Å². The summed E-state index contributed by atoms with van der Waals surface area (Å²) in [7, 11) is 3.77. The van der Waals surface area contributed by atoms with Gasteiger partial charge in [-0.05, 0) is 35.6 Å². The van der Waals surface area contributed by atoms with Crippen molar-refractivity contribution in [3.8, 4) is 0 Å². The Labute approximate surface area is 163 Å². The Morgan fingerprint density at radius 1 is 1.19 bits per heavy atom. The molecule has 0 atom stereocenters. The lowest BCUT2D eigenvalue weighted by Gasteiger charge is -2.22. The summed E-state index contributed by atoms with van der Waals surface area (Å²) in [6.07, 6.45) is 0.976. The molecule has 0 fully saturated rings. The van der Waals surface area contributed by atoms with Gasteiger partial charge in [0.05, 0.1) is 6.54 Å².